The fourth-order valence-corrected chi connectivity index (χ4v) is 3.74. The summed E-state index contributed by atoms with van der Waals surface area (Å²) < 4.78 is 27.4. The van der Waals surface area contributed by atoms with Crippen molar-refractivity contribution in [3.05, 3.63) is 28.2 Å². The van der Waals surface area contributed by atoms with Crippen molar-refractivity contribution in [1.29, 1.82) is 0 Å². The highest BCUT2D eigenvalue weighted by Crippen LogP contribution is 2.39. The average molecular weight is 361 g/mol. The number of likely N-dealkylation sites (tertiary alicyclic amines) is 1. The summed E-state index contributed by atoms with van der Waals surface area (Å²) in [5.74, 6) is -1.16. The van der Waals surface area contributed by atoms with E-state index >= 15 is 0 Å². The van der Waals surface area contributed by atoms with Gasteiger partial charge in [-0.1, -0.05) is 0 Å². The molecule has 2 fully saturated rings. The fourth-order valence-electron chi connectivity index (χ4n) is 3.43. The quantitative estimate of drug-likeness (QED) is 0.793. The third-order valence-corrected chi connectivity index (χ3v) is 5.03. The number of hydrogen-bond donors (Lipinski definition) is 2. The molecule has 1 aliphatic heterocycles. The van der Waals surface area contributed by atoms with E-state index < -0.39 is 17.7 Å². The Morgan fingerprint density at radius 3 is 2.43 bits per heavy atom. The Hall–Kier alpha value is -1.37. The van der Waals surface area contributed by atoms with E-state index in [1.165, 1.54) is 17.0 Å². The summed E-state index contributed by atoms with van der Waals surface area (Å²) in [6.45, 7) is 1.07. The van der Waals surface area contributed by atoms with Gasteiger partial charge in [0.2, 0.25) is 0 Å². The molecule has 0 aromatic heterocycles. The number of carbonyl (C=O) groups is 1. The van der Waals surface area contributed by atoms with E-state index in [9.17, 15) is 13.6 Å². The van der Waals surface area contributed by atoms with Crippen LogP contribution in [-0.2, 0) is 0 Å². The second-order valence-electron chi connectivity index (χ2n) is 5.74. The van der Waals surface area contributed by atoms with Gasteiger partial charge in [0.1, 0.15) is 0 Å². The lowest BCUT2D eigenvalue weighted by Crippen LogP contribution is -2.29. The number of benzene rings is 1. The zero-order chi connectivity index (χ0) is 15.1. The predicted molar refractivity (Wildman–Crippen MR) is 77.3 cm³/mol. The zero-order valence-corrected chi connectivity index (χ0v) is 12.7. The first-order valence-corrected chi connectivity index (χ1v) is 7.63. The number of fused-ring (bicyclic) bond motifs is 1. The van der Waals surface area contributed by atoms with Crippen LogP contribution in [0.25, 0.3) is 0 Å². The monoisotopic (exact) mass is 360 g/mol. The molecule has 2 N–H and O–H groups in total. The Labute approximate surface area is 129 Å². The molecule has 0 bridgehead atoms. The number of hydrogen-bond acceptors (Lipinski definition) is 2. The Balaban J connectivity index is 1.65. The first-order chi connectivity index (χ1) is 9.95. The lowest BCUT2D eigenvalue weighted by molar-refractivity contribution is 0.152. The van der Waals surface area contributed by atoms with Crippen LogP contribution in [0, 0.1) is 23.5 Å². The van der Waals surface area contributed by atoms with E-state index in [0.717, 1.165) is 12.8 Å². The third-order valence-electron chi connectivity index (χ3n) is 4.42. The van der Waals surface area contributed by atoms with Gasteiger partial charge in [0, 0.05) is 19.1 Å². The van der Waals surface area contributed by atoms with Crippen LogP contribution in [0.3, 0.4) is 0 Å². The van der Waals surface area contributed by atoms with Crippen LogP contribution in [0.5, 0.6) is 0 Å². The average Bonchev–Trinajstić information content (AvgIpc) is 2.97. The molecule has 1 aromatic rings. The molecule has 1 heterocycles. The topological polar surface area (TPSA) is 52.6 Å². The van der Waals surface area contributed by atoms with E-state index in [1.807, 2.05) is 0 Å². The van der Waals surface area contributed by atoms with Crippen molar-refractivity contribution in [2.24, 2.45) is 11.8 Å². The summed E-state index contributed by atoms with van der Waals surface area (Å²) in [5, 5.41) is 12.0. The van der Waals surface area contributed by atoms with Crippen LogP contribution >= 0.6 is 15.9 Å². The summed E-state index contributed by atoms with van der Waals surface area (Å²) in [7, 11) is 0. The normalized spacial score (nSPS) is 27.8. The van der Waals surface area contributed by atoms with Crippen molar-refractivity contribution in [2.45, 2.75) is 18.9 Å². The maximum absolute atomic E-state index is 13.8. The molecule has 1 aliphatic carbocycles. The van der Waals surface area contributed by atoms with Gasteiger partial charge >= 0.3 is 6.09 Å². The second kappa shape index (κ2) is 5.44. The Morgan fingerprint density at radius 2 is 1.86 bits per heavy atom. The highest BCUT2D eigenvalue weighted by molar-refractivity contribution is 9.10. The van der Waals surface area contributed by atoms with Gasteiger partial charge in [-0.05, 0) is 52.7 Å². The Bertz CT molecular complexity index is 570. The number of halogens is 3. The van der Waals surface area contributed by atoms with Crippen molar-refractivity contribution in [3.8, 4) is 0 Å². The SMILES string of the molecule is O=C(O)N1C[C@H]2C[C@H](Nc3ccc(Br)c(F)c3F)C[C@H]2C1. The first-order valence-electron chi connectivity index (χ1n) is 6.83. The van der Waals surface area contributed by atoms with Gasteiger partial charge in [0.05, 0.1) is 10.2 Å². The number of carboxylic acid groups (broad SMARTS) is 1. The summed E-state index contributed by atoms with van der Waals surface area (Å²) in [4.78, 5) is 12.4. The molecule has 1 aromatic carbocycles. The van der Waals surface area contributed by atoms with E-state index in [1.54, 1.807) is 0 Å². The maximum atomic E-state index is 13.8. The molecule has 1 saturated carbocycles. The minimum atomic E-state index is -0.893. The first kappa shape index (κ1) is 14.6. The van der Waals surface area contributed by atoms with Crippen molar-refractivity contribution < 1.29 is 18.7 Å². The number of nitrogens with one attached hydrogen (secondary N) is 1. The molecule has 1 saturated heterocycles. The van der Waals surface area contributed by atoms with Gasteiger partial charge in [-0.2, -0.15) is 0 Å². The smallest absolute Gasteiger partial charge is 0.407 e. The summed E-state index contributed by atoms with van der Waals surface area (Å²) in [6, 6.07) is 3.05. The van der Waals surface area contributed by atoms with Crippen LogP contribution in [-0.4, -0.2) is 35.2 Å². The van der Waals surface area contributed by atoms with Crippen LogP contribution in [0.4, 0.5) is 19.3 Å². The molecular formula is C14H15BrF2N2O2. The number of anilines is 1. The number of amides is 1. The van der Waals surface area contributed by atoms with Crippen molar-refractivity contribution in [1.82, 2.24) is 4.90 Å². The molecule has 2 aliphatic rings. The van der Waals surface area contributed by atoms with Crippen molar-refractivity contribution in [2.75, 3.05) is 18.4 Å². The van der Waals surface area contributed by atoms with Gasteiger partial charge in [-0.15, -0.1) is 0 Å². The Kier molecular flexibility index (Phi) is 3.77. The summed E-state index contributed by atoms with van der Waals surface area (Å²) in [5.41, 5.74) is 0.163. The highest BCUT2D eigenvalue weighted by Gasteiger charge is 2.42. The van der Waals surface area contributed by atoms with E-state index in [-0.39, 0.29) is 16.2 Å². The molecule has 114 valence electrons. The van der Waals surface area contributed by atoms with Crippen LogP contribution in [0.15, 0.2) is 16.6 Å². The zero-order valence-electron chi connectivity index (χ0n) is 11.2. The van der Waals surface area contributed by atoms with Crippen molar-refractivity contribution >= 4 is 27.7 Å². The highest BCUT2D eigenvalue weighted by atomic mass is 79.9. The standard InChI is InChI=1S/C14H15BrF2N2O2/c15-10-1-2-11(13(17)12(10)16)18-9-3-7-5-19(14(20)21)6-8(7)4-9/h1-2,7-9,18H,3-6H2,(H,20,21)/t7-,8+,9+. The third kappa shape index (κ3) is 2.71. The molecule has 1 amide bonds. The molecule has 3 rings (SSSR count). The van der Waals surface area contributed by atoms with E-state index in [2.05, 4.69) is 21.2 Å². The molecule has 3 atom stereocenters. The number of nitrogens with zero attached hydrogens (tertiary/aromatic N) is 1. The van der Waals surface area contributed by atoms with Gasteiger partial charge in [0.15, 0.2) is 11.6 Å². The van der Waals surface area contributed by atoms with Crippen LogP contribution in [0.2, 0.25) is 0 Å². The fraction of sp³-hybridized carbons (Fsp3) is 0.500. The largest absolute Gasteiger partial charge is 0.465 e. The maximum Gasteiger partial charge on any atom is 0.407 e. The lowest BCUT2D eigenvalue weighted by atomic mass is 10.0. The number of rotatable bonds is 2. The van der Waals surface area contributed by atoms with Gasteiger partial charge in [0.25, 0.3) is 0 Å². The molecule has 0 spiro atoms. The molecule has 21 heavy (non-hydrogen) atoms. The summed E-state index contributed by atoms with van der Waals surface area (Å²) >= 11 is 2.95. The summed E-state index contributed by atoms with van der Waals surface area (Å²) in [6.07, 6.45) is 0.687. The molecule has 0 unspecified atom stereocenters. The predicted octanol–water partition coefficient (Wildman–Crippen LogP) is 3.53. The van der Waals surface area contributed by atoms with E-state index in [4.69, 9.17) is 5.11 Å². The van der Waals surface area contributed by atoms with Gasteiger partial charge in [-0.3, -0.25) is 0 Å². The lowest BCUT2D eigenvalue weighted by Gasteiger charge is -2.19. The van der Waals surface area contributed by atoms with Crippen LogP contribution in [0.1, 0.15) is 12.8 Å². The van der Waals surface area contributed by atoms with E-state index in [0.29, 0.717) is 24.9 Å². The Morgan fingerprint density at radius 1 is 1.24 bits per heavy atom. The van der Waals surface area contributed by atoms with Crippen molar-refractivity contribution in [3.63, 3.8) is 0 Å². The molecule has 4 nitrogen and oxygen atoms in total. The van der Waals surface area contributed by atoms with Crippen LogP contribution < -0.4 is 5.32 Å². The molecule has 7 heteroatoms. The molecular weight excluding hydrogens is 346 g/mol. The minimum absolute atomic E-state index is 0.0611. The van der Waals surface area contributed by atoms with Gasteiger partial charge < -0.3 is 15.3 Å². The second-order valence-corrected chi connectivity index (χ2v) is 6.60. The van der Waals surface area contributed by atoms with Gasteiger partial charge in [-0.25, -0.2) is 13.6 Å². The molecule has 0 radical (unpaired) electrons. The minimum Gasteiger partial charge on any atom is -0.465 e.